The summed E-state index contributed by atoms with van der Waals surface area (Å²) >= 11 is 0. The second-order valence-electron chi connectivity index (χ2n) is 7.16. The van der Waals surface area contributed by atoms with Gasteiger partial charge in [-0.25, -0.2) is 0 Å². The molecule has 147 valence electrons. The Balaban J connectivity index is 1.77. The molecule has 0 fully saturated rings. The van der Waals surface area contributed by atoms with Crippen LogP contribution in [0.2, 0.25) is 0 Å². The first-order chi connectivity index (χ1) is 14.7. The molecule has 30 heavy (non-hydrogen) atoms. The smallest absolute Gasteiger partial charge is 0.249 e. The maximum Gasteiger partial charge on any atom is 0.249 e. The summed E-state index contributed by atoms with van der Waals surface area (Å²) in [5, 5.41) is 1.70. The van der Waals surface area contributed by atoms with Crippen LogP contribution < -0.4 is 10.5 Å². The standard InChI is InChI=1S/C25H19N2O3/c1-29-19-8-5-17(6-9-19)18-7-10-20-23(13-18)27(14-16-11-12-30-15-16)22-4-2-3-21(24(20)22)25(26)28/h2-9,11-13,15H,14H2,1H3,(H2,26,28). The molecular formula is C25H19N2O3. The second kappa shape index (κ2) is 7.12. The van der Waals surface area contributed by atoms with Crippen molar-refractivity contribution >= 4 is 27.7 Å². The van der Waals surface area contributed by atoms with Crippen LogP contribution in [0.5, 0.6) is 5.75 Å². The molecule has 1 amide bonds. The van der Waals surface area contributed by atoms with E-state index in [2.05, 4.69) is 16.7 Å². The van der Waals surface area contributed by atoms with Crippen LogP contribution in [0.15, 0.2) is 77.6 Å². The minimum absolute atomic E-state index is 0.449. The number of hydrogen-bond acceptors (Lipinski definition) is 3. The molecule has 1 radical (unpaired) electrons. The number of primary amides is 1. The zero-order valence-electron chi connectivity index (χ0n) is 16.4. The summed E-state index contributed by atoms with van der Waals surface area (Å²) in [7, 11) is 1.65. The van der Waals surface area contributed by atoms with Crippen LogP contribution in [0.3, 0.4) is 0 Å². The lowest BCUT2D eigenvalue weighted by Gasteiger charge is -2.08. The largest absolute Gasteiger partial charge is 0.497 e. The molecule has 5 rings (SSSR count). The Morgan fingerprint density at radius 2 is 1.93 bits per heavy atom. The average molecular weight is 395 g/mol. The van der Waals surface area contributed by atoms with Gasteiger partial charge in [-0.05, 0) is 59.7 Å². The van der Waals surface area contributed by atoms with E-state index in [0.717, 1.165) is 44.2 Å². The summed E-state index contributed by atoms with van der Waals surface area (Å²) in [4.78, 5) is 12.1. The predicted octanol–water partition coefficient (Wildman–Crippen LogP) is 5.01. The first-order valence-electron chi connectivity index (χ1n) is 9.57. The SMILES string of the molecule is COc1ccc(-c2c[c]c3c4c(C(N)=O)cccc4n(Cc4ccoc4)c3c2)cc1. The summed E-state index contributed by atoms with van der Waals surface area (Å²) in [5.74, 6) is 0.361. The lowest BCUT2D eigenvalue weighted by Crippen LogP contribution is -2.11. The highest BCUT2D eigenvalue weighted by atomic mass is 16.5. The summed E-state index contributed by atoms with van der Waals surface area (Å²) in [6, 6.07) is 22.9. The van der Waals surface area contributed by atoms with Crippen molar-refractivity contribution in [2.75, 3.05) is 7.11 Å². The highest BCUT2D eigenvalue weighted by molar-refractivity contribution is 6.18. The van der Waals surface area contributed by atoms with E-state index in [0.29, 0.717) is 12.1 Å². The van der Waals surface area contributed by atoms with Gasteiger partial charge in [0.1, 0.15) is 5.75 Å². The van der Waals surface area contributed by atoms with Gasteiger partial charge in [0, 0.05) is 21.9 Å². The zero-order chi connectivity index (χ0) is 20.7. The van der Waals surface area contributed by atoms with Crippen LogP contribution in [-0.2, 0) is 6.54 Å². The third kappa shape index (κ3) is 2.92. The molecule has 0 aliphatic carbocycles. The van der Waals surface area contributed by atoms with Crippen LogP contribution in [0.25, 0.3) is 32.9 Å². The lowest BCUT2D eigenvalue weighted by molar-refractivity contribution is 0.100. The minimum Gasteiger partial charge on any atom is -0.497 e. The van der Waals surface area contributed by atoms with Gasteiger partial charge >= 0.3 is 0 Å². The fourth-order valence-corrected chi connectivity index (χ4v) is 3.95. The summed E-state index contributed by atoms with van der Waals surface area (Å²) in [5.41, 5.74) is 11.2. The highest BCUT2D eigenvalue weighted by Crippen LogP contribution is 2.35. The molecule has 3 aromatic carbocycles. The van der Waals surface area contributed by atoms with Gasteiger partial charge in [-0.1, -0.05) is 18.2 Å². The number of rotatable bonds is 5. The van der Waals surface area contributed by atoms with Gasteiger partial charge in [0.2, 0.25) is 5.91 Å². The van der Waals surface area contributed by atoms with E-state index < -0.39 is 5.91 Å². The first-order valence-corrected chi connectivity index (χ1v) is 9.57. The molecule has 5 heteroatoms. The Labute approximate surface area is 173 Å². The van der Waals surface area contributed by atoms with E-state index in [1.807, 2.05) is 48.5 Å². The molecular weight excluding hydrogens is 376 g/mol. The number of fused-ring (bicyclic) bond motifs is 3. The van der Waals surface area contributed by atoms with Gasteiger partial charge in [0.25, 0.3) is 0 Å². The first kappa shape index (κ1) is 18.1. The maximum absolute atomic E-state index is 12.1. The van der Waals surface area contributed by atoms with E-state index in [-0.39, 0.29) is 0 Å². The molecule has 5 aromatic rings. The van der Waals surface area contributed by atoms with Gasteiger partial charge in [-0.15, -0.1) is 0 Å². The third-order valence-electron chi connectivity index (χ3n) is 5.40. The average Bonchev–Trinajstić information content (AvgIpc) is 3.40. The van der Waals surface area contributed by atoms with Crippen molar-refractivity contribution in [3.63, 3.8) is 0 Å². The number of ether oxygens (including phenoxy) is 1. The monoisotopic (exact) mass is 395 g/mol. The summed E-state index contributed by atoms with van der Waals surface area (Å²) in [6.45, 7) is 0.610. The van der Waals surface area contributed by atoms with Crippen LogP contribution in [0, 0.1) is 6.07 Å². The fourth-order valence-electron chi connectivity index (χ4n) is 3.95. The lowest BCUT2D eigenvalue weighted by atomic mass is 10.0. The van der Waals surface area contributed by atoms with Crippen molar-refractivity contribution in [3.05, 3.63) is 90.4 Å². The molecule has 0 aliphatic heterocycles. The van der Waals surface area contributed by atoms with Gasteiger partial charge in [-0.2, -0.15) is 0 Å². The van der Waals surface area contributed by atoms with Crippen LogP contribution in [0.4, 0.5) is 0 Å². The van der Waals surface area contributed by atoms with E-state index >= 15 is 0 Å². The third-order valence-corrected chi connectivity index (χ3v) is 5.40. The number of amides is 1. The van der Waals surface area contributed by atoms with Gasteiger partial charge < -0.3 is 19.5 Å². The molecule has 5 nitrogen and oxygen atoms in total. The van der Waals surface area contributed by atoms with Gasteiger partial charge in [0.15, 0.2) is 0 Å². The molecule has 0 aliphatic rings. The quantitative estimate of drug-likeness (QED) is 0.455. The maximum atomic E-state index is 12.1. The second-order valence-corrected chi connectivity index (χ2v) is 7.16. The topological polar surface area (TPSA) is 70.4 Å². The molecule has 0 bridgehead atoms. The fraction of sp³-hybridized carbons (Fsp3) is 0.0800. The summed E-state index contributed by atoms with van der Waals surface area (Å²) in [6.07, 6.45) is 3.39. The van der Waals surface area contributed by atoms with Crippen LogP contribution in [-0.4, -0.2) is 17.6 Å². The Hall–Kier alpha value is -3.99. The van der Waals surface area contributed by atoms with E-state index in [9.17, 15) is 4.79 Å². The molecule has 0 atom stereocenters. The molecule has 2 N–H and O–H groups in total. The van der Waals surface area contributed by atoms with Crippen molar-refractivity contribution in [1.29, 1.82) is 0 Å². The number of carbonyl (C=O) groups excluding carboxylic acids is 1. The predicted molar refractivity (Wildman–Crippen MR) is 117 cm³/mol. The molecule has 2 heterocycles. The zero-order valence-corrected chi connectivity index (χ0v) is 16.4. The van der Waals surface area contributed by atoms with Crippen molar-refractivity contribution < 1.29 is 13.9 Å². The van der Waals surface area contributed by atoms with E-state index in [4.69, 9.17) is 14.9 Å². The molecule has 0 spiro atoms. The number of hydrogen-bond donors (Lipinski definition) is 1. The Morgan fingerprint density at radius 1 is 1.10 bits per heavy atom. The Bertz CT molecular complexity index is 1360. The molecule has 0 saturated heterocycles. The summed E-state index contributed by atoms with van der Waals surface area (Å²) < 4.78 is 12.7. The highest BCUT2D eigenvalue weighted by Gasteiger charge is 2.17. The normalized spacial score (nSPS) is 11.2. The number of aromatic nitrogens is 1. The van der Waals surface area contributed by atoms with Gasteiger partial charge in [0.05, 0.1) is 37.2 Å². The van der Waals surface area contributed by atoms with E-state index in [1.54, 1.807) is 25.7 Å². The van der Waals surface area contributed by atoms with Crippen molar-refractivity contribution in [1.82, 2.24) is 4.57 Å². The Morgan fingerprint density at radius 3 is 2.63 bits per heavy atom. The van der Waals surface area contributed by atoms with Gasteiger partial charge in [-0.3, -0.25) is 4.79 Å². The van der Waals surface area contributed by atoms with Crippen LogP contribution in [0.1, 0.15) is 15.9 Å². The number of carbonyl (C=O) groups is 1. The van der Waals surface area contributed by atoms with Crippen molar-refractivity contribution in [2.45, 2.75) is 6.54 Å². The number of methoxy groups -OCH3 is 1. The van der Waals surface area contributed by atoms with Crippen molar-refractivity contribution in [3.8, 4) is 16.9 Å². The molecule has 0 unspecified atom stereocenters. The number of nitrogens with zero attached hydrogens (tertiary/aromatic N) is 1. The van der Waals surface area contributed by atoms with Crippen molar-refractivity contribution in [2.24, 2.45) is 5.73 Å². The Kier molecular flexibility index (Phi) is 4.29. The number of furan rings is 1. The molecule has 2 aromatic heterocycles. The molecule has 0 saturated carbocycles. The van der Waals surface area contributed by atoms with E-state index in [1.165, 1.54) is 0 Å². The van der Waals surface area contributed by atoms with Crippen LogP contribution >= 0.6 is 0 Å². The number of benzene rings is 3. The number of nitrogens with two attached hydrogens (primary N) is 1. The minimum atomic E-state index is -0.449.